The largest absolute Gasteiger partial charge is 0.399 e. The van der Waals surface area contributed by atoms with Crippen molar-refractivity contribution < 1.29 is 0 Å². The number of aryl methyl sites for hydroxylation is 1. The first kappa shape index (κ1) is 7.72. The second-order valence-electron chi connectivity index (χ2n) is 2.57. The zero-order valence-electron chi connectivity index (χ0n) is 6.59. The molecule has 3 nitrogen and oxygen atoms in total. The van der Waals surface area contributed by atoms with Gasteiger partial charge in [0, 0.05) is 5.69 Å². The molecule has 0 fully saturated rings. The van der Waals surface area contributed by atoms with Gasteiger partial charge in [-0.15, -0.1) is 4.91 Å². The summed E-state index contributed by atoms with van der Waals surface area (Å²) in [7, 11) is 0. The molecule has 0 unspecified atom stereocenters. The fourth-order valence-corrected chi connectivity index (χ4v) is 0.963. The molecule has 0 bridgehead atoms. The standard InChI is InChI=1S/C8H10N2O/c1-5-3-7(9)4-8(10-11)6(5)2/h3-4H,9H2,1-2H3. The number of anilines is 1. The molecule has 2 N–H and O–H groups in total. The molecule has 0 radical (unpaired) electrons. The molecule has 1 rings (SSSR count). The third-order valence-corrected chi connectivity index (χ3v) is 1.76. The Morgan fingerprint density at radius 2 is 2.00 bits per heavy atom. The third-order valence-electron chi connectivity index (χ3n) is 1.76. The quantitative estimate of drug-likeness (QED) is 0.493. The number of nitrogens with zero attached hydrogens (tertiary/aromatic N) is 1. The number of hydrogen-bond acceptors (Lipinski definition) is 3. The van der Waals surface area contributed by atoms with Crippen LogP contribution in [0.4, 0.5) is 11.4 Å². The molecule has 0 aliphatic rings. The summed E-state index contributed by atoms with van der Waals surface area (Å²) in [6.45, 7) is 3.76. The summed E-state index contributed by atoms with van der Waals surface area (Å²) in [5.74, 6) is 0. The first-order chi connectivity index (χ1) is 5.15. The number of nitrogen functional groups attached to an aromatic ring is 1. The zero-order chi connectivity index (χ0) is 8.43. The molecule has 0 saturated heterocycles. The SMILES string of the molecule is Cc1cc(N)cc(N=O)c1C. The van der Waals surface area contributed by atoms with Crippen LogP contribution in [0.15, 0.2) is 17.3 Å². The van der Waals surface area contributed by atoms with Crippen molar-refractivity contribution in [3.8, 4) is 0 Å². The molecule has 58 valence electrons. The molecule has 0 atom stereocenters. The van der Waals surface area contributed by atoms with Gasteiger partial charge in [-0.3, -0.25) is 0 Å². The molecule has 1 aromatic rings. The van der Waals surface area contributed by atoms with Gasteiger partial charge in [-0.2, -0.15) is 0 Å². The maximum absolute atomic E-state index is 10.2. The van der Waals surface area contributed by atoms with E-state index in [1.165, 1.54) is 0 Å². The van der Waals surface area contributed by atoms with Crippen LogP contribution in [-0.2, 0) is 0 Å². The lowest BCUT2D eigenvalue weighted by Crippen LogP contribution is -1.88. The molecule has 0 aliphatic carbocycles. The maximum Gasteiger partial charge on any atom is 0.113 e. The monoisotopic (exact) mass is 150 g/mol. The molecule has 0 spiro atoms. The number of benzene rings is 1. The molecule has 0 aromatic heterocycles. The molecule has 0 saturated carbocycles. The van der Waals surface area contributed by atoms with Crippen LogP contribution in [-0.4, -0.2) is 0 Å². The average molecular weight is 150 g/mol. The highest BCUT2D eigenvalue weighted by molar-refractivity contribution is 5.58. The van der Waals surface area contributed by atoms with Gasteiger partial charge in [0.1, 0.15) is 5.69 Å². The topological polar surface area (TPSA) is 55.4 Å². The Bertz CT molecular complexity index is 294. The molecule has 0 aliphatic heterocycles. The van der Waals surface area contributed by atoms with Crippen molar-refractivity contribution in [2.75, 3.05) is 5.73 Å². The molecular weight excluding hydrogens is 140 g/mol. The Morgan fingerprint density at radius 1 is 1.36 bits per heavy atom. The second kappa shape index (κ2) is 2.70. The Kier molecular flexibility index (Phi) is 1.89. The van der Waals surface area contributed by atoms with Crippen LogP contribution in [0.25, 0.3) is 0 Å². The van der Waals surface area contributed by atoms with Crippen molar-refractivity contribution in [3.05, 3.63) is 28.2 Å². The van der Waals surface area contributed by atoms with Crippen molar-refractivity contribution in [2.24, 2.45) is 5.18 Å². The van der Waals surface area contributed by atoms with Gasteiger partial charge in [-0.1, -0.05) is 0 Å². The minimum atomic E-state index is 0.433. The smallest absolute Gasteiger partial charge is 0.113 e. The van der Waals surface area contributed by atoms with E-state index in [0.29, 0.717) is 11.4 Å². The normalized spacial score (nSPS) is 9.64. The first-order valence-electron chi connectivity index (χ1n) is 3.35. The van der Waals surface area contributed by atoms with Crippen LogP contribution >= 0.6 is 0 Å². The minimum Gasteiger partial charge on any atom is -0.399 e. The van der Waals surface area contributed by atoms with Crippen LogP contribution in [0.1, 0.15) is 11.1 Å². The summed E-state index contributed by atoms with van der Waals surface area (Å²) < 4.78 is 0. The van der Waals surface area contributed by atoms with Crippen LogP contribution in [0, 0.1) is 18.8 Å². The van der Waals surface area contributed by atoms with Crippen molar-refractivity contribution in [1.29, 1.82) is 0 Å². The molecule has 0 heterocycles. The Hall–Kier alpha value is -1.38. The summed E-state index contributed by atoms with van der Waals surface area (Å²) >= 11 is 0. The predicted molar refractivity (Wildman–Crippen MR) is 45.8 cm³/mol. The van der Waals surface area contributed by atoms with E-state index in [-0.39, 0.29) is 0 Å². The van der Waals surface area contributed by atoms with E-state index in [1.807, 2.05) is 19.9 Å². The predicted octanol–water partition coefficient (Wildman–Crippen LogP) is 2.28. The molecular formula is C8H10N2O. The molecule has 3 heteroatoms. The van der Waals surface area contributed by atoms with E-state index >= 15 is 0 Å². The van der Waals surface area contributed by atoms with Gasteiger partial charge in [0.2, 0.25) is 0 Å². The summed E-state index contributed by atoms with van der Waals surface area (Å²) in [6, 6.07) is 3.40. The summed E-state index contributed by atoms with van der Waals surface area (Å²) in [5, 5.41) is 2.86. The van der Waals surface area contributed by atoms with Gasteiger partial charge in [0.25, 0.3) is 0 Å². The van der Waals surface area contributed by atoms with Gasteiger partial charge in [-0.05, 0) is 42.3 Å². The van der Waals surface area contributed by atoms with Crippen LogP contribution in [0.5, 0.6) is 0 Å². The van der Waals surface area contributed by atoms with Crippen molar-refractivity contribution in [1.82, 2.24) is 0 Å². The van der Waals surface area contributed by atoms with E-state index in [2.05, 4.69) is 5.18 Å². The lowest BCUT2D eigenvalue weighted by molar-refractivity contribution is 1.31. The maximum atomic E-state index is 10.2. The number of nitroso groups, excluding NO2 is 1. The fraction of sp³-hybridized carbons (Fsp3) is 0.250. The first-order valence-corrected chi connectivity index (χ1v) is 3.35. The summed E-state index contributed by atoms with van der Waals surface area (Å²) in [4.78, 5) is 10.2. The van der Waals surface area contributed by atoms with E-state index in [1.54, 1.807) is 6.07 Å². The van der Waals surface area contributed by atoms with Crippen molar-refractivity contribution in [2.45, 2.75) is 13.8 Å². The van der Waals surface area contributed by atoms with E-state index < -0.39 is 0 Å². The number of nitrogens with two attached hydrogens (primary N) is 1. The van der Waals surface area contributed by atoms with Crippen LogP contribution < -0.4 is 5.73 Å². The lowest BCUT2D eigenvalue weighted by Gasteiger charge is -2.02. The highest BCUT2D eigenvalue weighted by Crippen LogP contribution is 2.24. The van der Waals surface area contributed by atoms with E-state index in [4.69, 9.17) is 5.73 Å². The number of hydrogen-bond donors (Lipinski definition) is 1. The van der Waals surface area contributed by atoms with Gasteiger partial charge in [0.15, 0.2) is 0 Å². The highest BCUT2D eigenvalue weighted by atomic mass is 16.3. The van der Waals surface area contributed by atoms with Crippen LogP contribution in [0.3, 0.4) is 0 Å². The minimum absolute atomic E-state index is 0.433. The van der Waals surface area contributed by atoms with E-state index in [9.17, 15) is 4.91 Å². The van der Waals surface area contributed by atoms with Crippen molar-refractivity contribution >= 4 is 11.4 Å². The zero-order valence-corrected chi connectivity index (χ0v) is 6.59. The van der Waals surface area contributed by atoms with Crippen molar-refractivity contribution in [3.63, 3.8) is 0 Å². The van der Waals surface area contributed by atoms with Gasteiger partial charge >= 0.3 is 0 Å². The van der Waals surface area contributed by atoms with Gasteiger partial charge in [-0.25, -0.2) is 0 Å². The molecule has 11 heavy (non-hydrogen) atoms. The Morgan fingerprint density at radius 3 is 2.55 bits per heavy atom. The Balaban J connectivity index is 3.35. The fourth-order valence-electron chi connectivity index (χ4n) is 0.963. The Labute approximate surface area is 65.2 Å². The second-order valence-corrected chi connectivity index (χ2v) is 2.57. The highest BCUT2D eigenvalue weighted by Gasteiger charge is 2.01. The third kappa shape index (κ3) is 1.37. The number of rotatable bonds is 1. The molecule has 0 amide bonds. The average Bonchev–Trinajstić information content (AvgIpc) is 1.96. The summed E-state index contributed by atoms with van der Waals surface area (Å²) in [6.07, 6.45) is 0. The van der Waals surface area contributed by atoms with Gasteiger partial charge < -0.3 is 5.73 Å². The molecule has 1 aromatic carbocycles. The lowest BCUT2D eigenvalue weighted by atomic mass is 10.1. The summed E-state index contributed by atoms with van der Waals surface area (Å²) in [5.41, 5.74) is 8.42. The van der Waals surface area contributed by atoms with Gasteiger partial charge in [0.05, 0.1) is 0 Å². The van der Waals surface area contributed by atoms with Crippen LogP contribution in [0.2, 0.25) is 0 Å². The van der Waals surface area contributed by atoms with E-state index in [0.717, 1.165) is 11.1 Å².